The minimum absolute atomic E-state index is 0.316. The first kappa shape index (κ1) is 16.4. The lowest BCUT2D eigenvalue weighted by molar-refractivity contribution is -0.151. The van der Waals surface area contributed by atoms with Crippen LogP contribution in [0.4, 0.5) is 4.39 Å². The molecule has 1 fully saturated rings. The van der Waals surface area contributed by atoms with Crippen LogP contribution in [-0.4, -0.2) is 45.3 Å². The highest BCUT2D eigenvalue weighted by molar-refractivity contribution is 5.82. The molecule has 2 heterocycles. The number of carboxylic acid groups (broad SMARTS) is 1. The molecule has 7 nitrogen and oxygen atoms in total. The van der Waals surface area contributed by atoms with Crippen LogP contribution in [0.2, 0.25) is 0 Å². The number of aliphatic carboxylic acids is 1. The monoisotopic (exact) mass is 335 g/mol. The summed E-state index contributed by atoms with van der Waals surface area (Å²) < 4.78 is 20.3. The number of hydrogen-bond acceptors (Lipinski definition) is 4. The maximum Gasteiger partial charge on any atom is 0.332 e. The summed E-state index contributed by atoms with van der Waals surface area (Å²) in [7, 11) is 1.84. The summed E-state index contributed by atoms with van der Waals surface area (Å²) in [6, 6.07) is 4.42. The fourth-order valence-corrected chi connectivity index (χ4v) is 2.87. The molecule has 2 N–H and O–H groups in total. The molecule has 1 amide bonds. The Kier molecular flexibility index (Phi) is 4.48. The first-order valence-electron chi connectivity index (χ1n) is 7.72. The molecule has 0 saturated carbocycles. The number of imidazole rings is 1. The molecule has 2 atom stereocenters. The van der Waals surface area contributed by atoms with Gasteiger partial charge in [-0.15, -0.1) is 0 Å². The van der Waals surface area contributed by atoms with Gasteiger partial charge in [-0.05, 0) is 25.0 Å². The molecule has 3 rings (SSSR count). The molecule has 128 valence electrons. The number of carbonyl (C=O) groups is 2. The van der Waals surface area contributed by atoms with E-state index in [1.807, 2.05) is 11.6 Å². The quantitative estimate of drug-likeness (QED) is 0.850. The van der Waals surface area contributed by atoms with Crippen molar-refractivity contribution >= 4 is 22.9 Å². The number of carboxylic acids is 1. The number of aromatic nitrogens is 2. The van der Waals surface area contributed by atoms with Crippen LogP contribution >= 0.6 is 0 Å². The first-order valence-corrected chi connectivity index (χ1v) is 7.72. The van der Waals surface area contributed by atoms with E-state index in [1.54, 1.807) is 6.07 Å². The molecule has 1 aliphatic heterocycles. The second kappa shape index (κ2) is 6.56. The van der Waals surface area contributed by atoms with E-state index in [2.05, 4.69) is 10.3 Å². The van der Waals surface area contributed by atoms with Gasteiger partial charge < -0.3 is 19.7 Å². The Morgan fingerprint density at radius 2 is 2.17 bits per heavy atom. The fourth-order valence-electron chi connectivity index (χ4n) is 2.87. The number of nitrogens with zero attached hydrogens (tertiary/aromatic N) is 2. The summed E-state index contributed by atoms with van der Waals surface area (Å²) in [5.41, 5.74) is 1.39. The van der Waals surface area contributed by atoms with Crippen LogP contribution in [0.5, 0.6) is 0 Å². The van der Waals surface area contributed by atoms with Gasteiger partial charge in [0.25, 0.3) is 0 Å². The maximum atomic E-state index is 13.2. The Morgan fingerprint density at radius 1 is 1.42 bits per heavy atom. The standard InChI is InChI=1S/C16H18FN3O4/c1-20-11-3-2-9(17)8-10(11)19-14(20)6-7-18-15(21)12-4-5-13(24-12)16(22)23/h2-3,8,12-13H,4-7H2,1H3,(H,18,21)(H,22,23)/t12-,13+/m0/s1. The van der Waals surface area contributed by atoms with E-state index in [4.69, 9.17) is 9.84 Å². The van der Waals surface area contributed by atoms with Crippen LogP contribution in [-0.2, 0) is 27.8 Å². The van der Waals surface area contributed by atoms with Gasteiger partial charge >= 0.3 is 5.97 Å². The molecule has 2 aromatic rings. The topological polar surface area (TPSA) is 93.5 Å². The number of ether oxygens (including phenoxy) is 1. The van der Waals surface area contributed by atoms with Crippen molar-refractivity contribution < 1.29 is 23.8 Å². The zero-order valence-corrected chi connectivity index (χ0v) is 13.2. The van der Waals surface area contributed by atoms with Crippen LogP contribution in [0.15, 0.2) is 18.2 Å². The molecule has 1 aromatic heterocycles. The average Bonchev–Trinajstić information content (AvgIpc) is 3.13. The normalized spacial score (nSPS) is 20.4. The Bertz CT molecular complexity index is 789. The van der Waals surface area contributed by atoms with Crippen molar-refractivity contribution in [2.24, 2.45) is 7.05 Å². The van der Waals surface area contributed by atoms with E-state index >= 15 is 0 Å². The van der Waals surface area contributed by atoms with Gasteiger partial charge in [0.15, 0.2) is 6.10 Å². The SMILES string of the molecule is Cn1c(CCNC(=O)[C@@H]2CC[C@H](C(=O)O)O2)nc2cc(F)ccc21. The third kappa shape index (κ3) is 3.23. The second-order valence-corrected chi connectivity index (χ2v) is 5.79. The van der Waals surface area contributed by atoms with Crippen molar-refractivity contribution in [3.63, 3.8) is 0 Å². The Balaban J connectivity index is 1.56. The Labute approximate surface area is 137 Å². The smallest absolute Gasteiger partial charge is 0.332 e. The molecule has 0 radical (unpaired) electrons. The number of aryl methyl sites for hydroxylation is 1. The van der Waals surface area contributed by atoms with Crippen molar-refractivity contribution in [2.45, 2.75) is 31.5 Å². The van der Waals surface area contributed by atoms with E-state index in [9.17, 15) is 14.0 Å². The molecule has 0 unspecified atom stereocenters. The van der Waals surface area contributed by atoms with Gasteiger partial charge in [0.2, 0.25) is 5.91 Å². The Hall–Kier alpha value is -2.48. The molecular formula is C16H18FN3O4. The summed E-state index contributed by atoms with van der Waals surface area (Å²) in [5, 5.41) is 11.6. The summed E-state index contributed by atoms with van der Waals surface area (Å²) >= 11 is 0. The summed E-state index contributed by atoms with van der Waals surface area (Å²) in [6.07, 6.45) is -0.415. The van der Waals surface area contributed by atoms with Crippen LogP contribution in [0.3, 0.4) is 0 Å². The summed E-state index contributed by atoms with van der Waals surface area (Å²) in [5.74, 6) is -0.973. The second-order valence-electron chi connectivity index (χ2n) is 5.79. The highest BCUT2D eigenvalue weighted by Crippen LogP contribution is 2.20. The van der Waals surface area contributed by atoms with E-state index < -0.39 is 18.2 Å². The molecule has 0 aliphatic carbocycles. The molecular weight excluding hydrogens is 317 g/mol. The Morgan fingerprint density at radius 3 is 2.88 bits per heavy atom. The van der Waals surface area contributed by atoms with Crippen LogP contribution < -0.4 is 5.32 Å². The van der Waals surface area contributed by atoms with E-state index in [0.717, 1.165) is 11.3 Å². The molecule has 8 heteroatoms. The minimum atomic E-state index is -1.04. The number of amides is 1. The average molecular weight is 335 g/mol. The first-order chi connectivity index (χ1) is 11.5. The van der Waals surface area contributed by atoms with Gasteiger partial charge in [-0.3, -0.25) is 4.79 Å². The van der Waals surface area contributed by atoms with Crippen LogP contribution in [0, 0.1) is 5.82 Å². The zero-order valence-electron chi connectivity index (χ0n) is 13.2. The van der Waals surface area contributed by atoms with Crippen molar-refractivity contribution in [2.75, 3.05) is 6.54 Å². The van der Waals surface area contributed by atoms with Crippen molar-refractivity contribution in [3.8, 4) is 0 Å². The number of fused-ring (bicyclic) bond motifs is 1. The van der Waals surface area contributed by atoms with Gasteiger partial charge in [0.1, 0.15) is 17.7 Å². The van der Waals surface area contributed by atoms with Crippen molar-refractivity contribution in [1.29, 1.82) is 0 Å². The van der Waals surface area contributed by atoms with Gasteiger partial charge in [0.05, 0.1) is 11.0 Å². The van der Waals surface area contributed by atoms with Crippen molar-refractivity contribution in [3.05, 3.63) is 29.8 Å². The molecule has 24 heavy (non-hydrogen) atoms. The third-order valence-electron chi connectivity index (χ3n) is 4.17. The largest absolute Gasteiger partial charge is 0.479 e. The predicted molar refractivity (Wildman–Crippen MR) is 82.9 cm³/mol. The number of benzene rings is 1. The number of hydrogen-bond donors (Lipinski definition) is 2. The van der Waals surface area contributed by atoms with Gasteiger partial charge in [-0.2, -0.15) is 0 Å². The highest BCUT2D eigenvalue weighted by Gasteiger charge is 2.34. The van der Waals surface area contributed by atoms with E-state index in [-0.39, 0.29) is 11.7 Å². The zero-order chi connectivity index (χ0) is 17.3. The van der Waals surface area contributed by atoms with Gasteiger partial charge in [0, 0.05) is 26.1 Å². The molecule has 1 saturated heterocycles. The van der Waals surface area contributed by atoms with Gasteiger partial charge in [-0.1, -0.05) is 0 Å². The molecule has 1 aliphatic rings. The van der Waals surface area contributed by atoms with E-state index in [1.165, 1.54) is 12.1 Å². The summed E-state index contributed by atoms with van der Waals surface area (Å²) in [6.45, 7) is 0.343. The van der Waals surface area contributed by atoms with Gasteiger partial charge in [-0.25, -0.2) is 14.2 Å². The molecule has 1 aromatic carbocycles. The lowest BCUT2D eigenvalue weighted by Crippen LogP contribution is -2.36. The van der Waals surface area contributed by atoms with Crippen LogP contribution in [0.25, 0.3) is 11.0 Å². The fraction of sp³-hybridized carbons (Fsp3) is 0.438. The number of nitrogens with one attached hydrogen (secondary N) is 1. The number of halogens is 1. The van der Waals surface area contributed by atoms with Crippen molar-refractivity contribution in [1.82, 2.24) is 14.9 Å². The predicted octanol–water partition coefficient (Wildman–Crippen LogP) is 1.00. The minimum Gasteiger partial charge on any atom is -0.479 e. The number of rotatable bonds is 5. The lowest BCUT2D eigenvalue weighted by atomic mass is 10.2. The molecule has 0 bridgehead atoms. The number of carbonyl (C=O) groups excluding carboxylic acids is 1. The summed E-state index contributed by atoms with van der Waals surface area (Å²) in [4.78, 5) is 27.2. The molecule has 0 spiro atoms. The lowest BCUT2D eigenvalue weighted by Gasteiger charge is -2.11. The third-order valence-corrected chi connectivity index (χ3v) is 4.17. The maximum absolute atomic E-state index is 13.2. The highest BCUT2D eigenvalue weighted by atomic mass is 19.1. The van der Waals surface area contributed by atoms with E-state index in [0.29, 0.717) is 31.3 Å². The van der Waals surface area contributed by atoms with Crippen LogP contribution in [0.1, 0.15) is 18.7 Å².